The number of methoxy groups -OCH3 is 1. The van der Waals surface area contributed by atoms with Crippen LogP contribution in [0.2, 0.25) is 0 Å². The van der Waals surface area contributed by atoms with Gasteiger partial charge in [-0.1, -0.05) is 42.5 Å². The summed E-state index contributed by atoms with van der Waals surface area (Å²) in [6.07, 6.45) is 1.75. The standard InChI is InChI=1S/C17H19N3O/c1-18-16(17-15(21-3)11-19-20(17)2)14-10-6-8-12-7-4-5-9-13(12)14/h4-11,16,18H,1-3H3. The molecule has 0 aliphatic heterocycles. The molecular formula is C17H19N3O. The van der Waals surface area contributed by atoms with Crippen molar-refractivity contribution in [1.29, 1.82) is 0 Å². The lowest BCUT2D eigenvalue weighted by Gasteiger charge is -2.20. The van der Waals surface area contributed by atoms with E-state index >= 15 is 0 Å². The minimum absolute atomic E-state index is 0.0264. The molecule has 0 bridgehead atoms. The number of benzene rings is 2. The summed E-state index contributed by atoms with van der Waals surface area (Å²) < 4.78 is 7.32. The maximum absolute atomic E-state index is 5.46. The summed E-state index contributed by atoms with van der Waals surface area (Å²) in [5, 5.41) is 10.2. The molecular weight excluding hydrogens is 262 g/mol. The molecule has 3 aromatic rings. The Balaban J connectivity index is 2.21. The molecule has 0 saturated carbocycles. The second kappa shape index (κ2) is 5.58. The van der Waals surface area contributed by atoms with Gasteiger partial charge in [0.05, 0.1) is 19.3 Å². The predicted molar refractivity (Wildman–Crippen MR) is 84.6 cm³/mol. The minimum Gasteiger partial charge on any atom is -0.493 e. The molecule has 0 aliphatic rings. The number of nitrogens with zero attached hydrogens (tertiary/aromatic N) is 2. The highest BCUT2D eigenvalue weighted by Crippen LogP contribution is 2.33. The van der Waals surface area contributed by atoms with Gasteiger partial charge in [0.15, 0.2) is 5.75 Å². The summed E-state index contributed by atoms with van der Waals surface area (Å²) in [5.41, 5.74) is 2.24. The second-order valence-electron chi connectivity index (χ2n) is 5.01. The Labute approximate surface area is 124 Å². The molecule has 108 valence electrons. The predicted octanol–water partition coefficient (Wildman–Crippen LogP) is 2.89. The van der Waals surface area contributed by atoms with Crippen molar-refractivity contribution in [3.8, 4) is 5.75 Å². The molecule has 1 unspecified atom stereocenters. The third kappa shape index (κ3) is 2.28. The van der Waals surface area contributed by atoms with Crippen molar-refractivity contribution < 1.29 is 4.74 Å². The number of rotatable bonds is 4. The lowest BCUT2D eigenvalue weighted by molar-refractivity contribution is 0.403. The SMILES string of the molecule is CNC(c1cccc2ccccc12)c1c(OC)cnn1C. The van der Waals surface area contributed by atoms with Crippen LogP contribution in [-0.2, 0) is 7.05 Å². The van der Waals surface area contributed by atoms with Crippen LogP contribution in [-0.4, -0.2) is 23.9 Å². The molecule has 0 aliphatic carbocycles. The molecule has 0 fully saturated rings. The van der Waals surface area contributed by atoms with Crippen LogP contribution in [0.25, 0.3) is 10.8 Å². The zero-order valence-corrected chi connectivity index (χ0v) is 12.5. The first-order valence-corrected chi connectivity index (χ1v) is 6.97. The molecule has 3 rings (SSSR count). The van der Waals surface area contributed by atoms with Gasteiger partial charge in [-0.15, -0.1) is 0 Å². The maximum atomic E-state index is 5.46. The molecule has 0 radical (unpaired) electrons. The van der Waals surface area contributed by atoms with Crippen molar-refractivity contribution in [2.45, 2.75) is 6.04 Å². The van der Waals surface area contributed by atoms with Gasteiger partial charge < -0.3 is 10.1 Å². The first-order valence-electron chi connectivity index (χ1n) is 6.97. The van der Waals surface area contributed by atoms with E-state index in [9.17, 15) is 0 Å². The maximum Gasteiger partial charge on any atom is 0.161 e. The van der Waals surface area contributed by atoms with Crippen LogP contribution < -0.4 is 10.1 Å². The number of aromatic nitrogens is 2. The van der Waals surface area contributed by atoms with Crippen LogP contribution in [0.5, 0.6) is 5.75 Å². The molecule has 4 heteroatoms. The highest BCUT2D eigenvalue weighted by molar-refractivity contribution is 5.86. The summed E-state index contributed by atoms with van der Waals surface area (Å²) >= 11 is 0. The number of fused-ring (bicyclic) bond motifs is 1. The monoisotopic (exact) mass is 281 g/mol. The molecule has 1 N–H and O–H groups in total. The largest absolute Gasteiger partial charge is 0.493 e. The molecule has 0 spiro atoms. The Morgan fingerprint density at radius 3 is 2.67 bits per heavy atom. The summed E-state index contributed by atoms with van der Waals surface area (Å²) in [6, 6.07) is 14.8. The van der Waals surface area contributed by atoms with E-state index in [-0.39, 0.29) is 6.04 Å². The topological polar surface area (TPSA) is 39.1 Å². The number of hydrogen-bond donors (Lipinski definition) is 1. The van der Waals surface area contributed by atoms with E-state index < -0.39 is 0 Å². The molecule has 1 atom stereocenters. The second-order valence-corrected chi connectivity index (χ2v) is 5.01. The van der Waals surface area contributed by atoms with Crippen LogP contribution >= 0.6 is 0 Å². The Morgan fingerprint density at radius 2 is 1.90 bits per heavy atom. The van der Waals surface area contributed by atoms with Crippen LogP contribution in [0.15, 0.2) is 48.7 Å². The third-order valence-corrected chi connectivity index (χ3v) is 3.87. The normalized spacial score (nSPS) is 12.5. The van der Waals surface area contributed by atoms with Crippen LogP contribution in [0, 0.1) is 0 Å². The summed E-state index contributed by atoms with van der Waals surface area (Å²) in [6.45, 7) is 0. The van der Waals surface area contributed by atoms with E-state index in [0.717, 1.165) is 11.4 Å². The van der Waals surface area contributed by atoms with Crippen molar-refractivity contribution in [1.82, 2.24) is 15.1 Å². The zero-order chi connectivity index (χ0) is 14.8. The minimum atomic E-state index is 0.0264. The molecule has 0 saturated heterocycles. The fraction of sp³-hybridized carbons (Fsp3) is 0.235. The van der Waals surface area contributed by atoms with E-state index in [1.165, 1.54) is 16.3 Å². The Kier molecular flexibility index (Phi) is 3.62. The van der Waals surface area contributed by atoms with Crippen LogP contribution in [0.1, 0.15) is 17.3 Å². The Hall–Kier alpha value is -2.33. The molecule has 1 heterocycles. The van der Waals surface area contributed by atoms with Gasteiger partial charge in [0.2, 0.25) is 0 Å². The van der Waals surface area contributed by atoms with Gasteiger partial charge in [-0.25, -0.2) is 0 Å². The molecule has 1 aromatic heterocycles. The molecule has 21 heavy (non-hydrogen) atoms. The lowest BCUT2D eigenvalue weighted by Crippen LogP contribution is -2.21. The number of hydrogen-bond acceptors (Lipinski definition) is 3. The highest BCUT2D eigenvalue weighted by atomic mass is 16.5. The van der Waals surface area contributed by atoms with Gasteiger partial charge in [0, 0.05) is 7.05 Å². The average molecular weight is 281 g/mol. The molecule has 4 nitrogen and oxygen atoms in total. The molecule has 0 amide bonds. The van der Waals surface area contributed by atoms with Crippen molar-refractivity contribution in [3.63, 3.8) is 0 Å². The van der Waals surface area contributed by atoms with Crippen molar-refractivity contribution in [2.75, 3.05) is 14.2 Å². The van der Waals surface area contributed by atoms with E-state index in [1.54, 1.807) is 13.3 Å². The first-order chi connectivity index (χ1) is 10.3. The van der Waals surface area contributed by atoms with Crippen molar-refractivity contribution in [3.05, 3.63) is 59.9 Å². The van der Waals surface area contributed by atoms with Gasteiger partial charge >= 0.3 is 0 Å². The fourth-order valence-electron chi connectivity index (χ4n) is 2.85. The number of aryl methyl sites for hydroxylation is 1. The Morgan fingerprint density at radius 1 is 1.14 bits per heavy atom. The third-order valence-electron chi connectivity index (χ3n) is 3.87. The van der Waals surface area contributed by atoms with Crippen LogP contribution in [0.4, 0.5) is 0 Å². The molecule has 2 aromatic carbocycles. The van der Waals surface area contributed by atoms with E-state index in [1.807, 2.05) is 18.8 Å². The van der Waals surface area contributed by atoms with Gasteiger partial charge in [-0.2, -0.15) is 5.10 Å². The van der Waals surface area contributed by atoms with Gasteiger partial charge in [-0.05, 0) is 23.4 Å². The van der Waals surface area contributed by atoms with E-state index in [2.05, 4.69) is 52.9 Å². The summed E-state index contributed by atoms with van der Waals surface area (Å²) in [4.78, 5) is 0. The average Bonchev–Trinajstić information content (AvgIpc) is 2.90. The van der Waals surface area contributed by atoms with E-state index in [4.69, 9.17) is 4.74 Å². The number of ether oxygens (including phenoxy) is 1. The summed E-state index contributed by atoms with van der Waals surface area (Å²) in [5.74, 6) is 0.796. The zero-order valence-electron chi connectivity index (χ0n) is 12.5. The fourth-order valence-corrected chi connectivity index (χ4v) is 2.85. The van der Waals surface area contributed by atoms with Crippen molar-refractivity contribution in [2.24, 2.45) is 7.05 Å². The Bertz CT molecular complexity index is 758. The van der Waals surface area contributed by atoms with Gasteiger partial charge in [0.1, 0.15) is 5.69 Å². The smallest absolute Gasteiger partial charge is 0.161 e. The quantitative estimate of drug-likeness (QED) is 0.799. The first kappa shape index (κ1) is 13.6. The van der Waals surface area contributed by atoms with Gasteiger partial charge in [0.25, 0.3) is 0 Å². The lowest BCUT2D eigenvalue weighted by atomic mass is 9.96. The van der Waals surface area contributed by atoms with Crippen molar-refractivity contribution >= 4 is 10.8 Å². The highest BCUT2D eigenvalue weighted by Gasteiger charge is 2.22. The van der Waals surface area contributed by atoms with E-state index in [0.29, 0.717) is 0 Å². The van der Waals surface area contributed by atoms with Gasteiger partial charge in [-0.3, -0.25) is 4.68 Å². The summed E-state index contributed by atoms with van der Waals surface area (Å²) in [7, 11) is 5.57. The van der Waals surface area contributed by atoms with Crippen LogP contribution in [0.3, 0.4) is 0 Å². The number of nitrogens with one attached hydrogen (secondary N) is 1.